The number of likely N-dealkylation sites (N-methyl/N-ethyl adjacent to an activating group) is 7. The zero-order valence-corrected chi connectivity index (χ0v) is 58.4. The van der Waals surface area contributed by atoms with Gasteiger partial charge in [-0.05, 0) is 94.4 Å². The number of nitrogens with zero attached hydrogens (tertiary/aromatic N) is 8. The highest BCUT2D eigenvalue weighted by Crippen LogP contribution is 2.35. The van der Waals surface area contributed by atoms with Gasteiger partial charge in [0, 0.05) is 69.3 Å². The van der Waals surface area contributed by atoms with Crippen LogP contribution in [0, 0.1) is 24.7 Å². The topological polar surface area (TPSA) is 279 Å². The van der Waals surface area contributed by atoms with Gasteiger partial charge in [0.15, 0.2) is 0 Å². The Morgan fingerprint density at radius 1 is 0.649 bits per heavy atom. The van der Waals surface area contributed by atoms with Crippen LogP contribution in [0.5, 0.6) is 0 Å². The van der Waals surface area contributed by atoms with Crippen molar-refractivity contribution in [2.75, 3.05) is 69.5 Å². The van der Waals surface area contributed by atoms with Crippen LogP contribution in [0.4, 0.5) is 13.2 Å². The van der Waals surface area contributed by atoms with Gasteiger partial charge in [-0.15, -0.1) is 0 Å². The molecule has 4 rings (SSSR count). The first-order valence-corrected chi connectivity index (χ1v) is 32.3. The highest BCUT2D eigenvalue weighted by molar-refractivity contribution is 6.31. The maximum atomic E-state index is 14.9. The third kappa shape index (κ3) is 19.9. The maximum absolute atomic E-state index is 14.9. The molecular weight excluding hydrogens is 1250 g/mol. The fourth-order valence-corrected chi connectivity index (χ4v) is 11.7. The van der Waals surface area contributed by atoms with Crippen LogP contribution < -0.4 is 21.3 Å². The summed E-state index contributed by atoms with van der Waals surface area (Å²) in [4.78, 5) is 183. The lowest BCUT2D eigenvalue weighted by atomic mass is 9.94. The maximum Gasteiger partial charge on any atom is 0.417 e. The summed E-state index contributed by atoms with van der Waals surface area (Å²) in [5.74, 6) is -10.3. The van der Waals surface area contributed by atoms with E-state index in [0.29, 0.717) is 18.4 Å². The minimum atomic E-state index is -4.77. The van der Waals surface area contributed by atoms with E-state index in [2.05, 4.69) is 21.3 Å². The summed E-state index contributed by atoms with van der Waals surface area (Å²) < 4.78 is 41.1. The fourth-order valence-electron chi connectivity index (χ4n) is 11.4. The molecule has 2 saturated heterocycles. The number of rotatable bonds is 12. The number of carbonyl (C=O) groups excluding carboxylic acids is 12. The Hall–Kier alpha value is -7.84. The molecule has 2 aromatic rings. The predicted octanol–water partition coefficient (Wildman–Crippen LogP) is 3.67. The number of fused-ring (bicyclic) bond motifs is 1. The summed E-state index contributed by atoms with van der Waals surface area (Å²) in [6.45, 7) is 16.1. The zero-order valence-electron chi connectivity index (χ0n) is 57.6. The Labute approximate surface area is 555 Å². The summed E-state index contributed by atoms with van der Waals surface area (Å²) in [6.07, 6.45) is -4.88. The molecule has 0 aliphatic carbocycles. The van der Waals surface area contributed by atoms with Gasteiger partial charge in [-0.3, -0.25) is 57.5 Å². The monoisotopic (exact) mass is 1340 g/mol. The largest absolute Gasteiger partial charge is 0.417 e. The normalized spacial score (nSPS) is 25.7. The van der Waals surface area contributed by atoms with Crippen molar-refractivity contribution < 1.29 is 70.7 Å². The smallest absolute Gasteiger partial charge is 0.347 e. The Morgan fingerprint density at radius 2 is 1.23 bits per heavy atom. The summed E-state index contributed by atoms with van der Waals surface area (Å²) in [5.41, 5.74) is 0.683. The Bertz CT molecular complexity index is 3100. The molecule has 12 amide bonds. The van der Waals surface area contributed by atoms with E-state index in [0.717, 1.165) is 38.5 Å². The van der Waals surface area contributed by atoms with E-state index in [-0.39, 0.29) is 50.1 Å². The van der Waals surface area contributed by atoms with Crippen molar-refractivity contribution in [3.05, 3.63) is 69.7 Å². The van der Waals surface area contributed by atoms with Crippen molar-refractivity contribution in [1.82, 2.24) is 60.5 Å². The third-order valence-electron chi connectivity index (χ3n) is 18.2. The lowest BCUT2D eigenvalue weighted by Gasteiger charge is -2.45. The molecule has 2 aliphatic rings. The first-order valence-electron chi connectivity index (χ1n) is 31.9. The van der Waals surface area contributed by atoms with E-state index in [9.17, 15) is 70.7 Å². The average Bonchev–Trinajstić information content (AvgIpc) is 0.785. The van der Waals surface area contributed by atoms with Crippen LogP contribution >= 0.6 is 11.6 Å². The third-order valence-corrected chi connectivity index (χ3v) is 18.5. The van der Waals surface area contributed by atoms with Gasteiger partial charge in [-0.2, -0.15) is 13.2 Å². The van der Waals surface area contributed by atoms with E-state index < -0.39 is 173 Å². The molecule has 94 heavy (non-hydrogen) atoms. The van der Waals surface area contributed by atoms with Gasteiger partial charge < -0.3 is 60.5 Å². The first kappa shape index (κ1) is 78.6. The summed E-state index contributed by atoms with van der Waals surface area (Å²) in [7, 11) is 11.0. The van der Waals surface area contributed by atoms with Gasteiger partial charge in [-0.1, -0.05) is 102 Å². The van der Waals surface area contributed by atoms with Crippen molar-refractivity contribution in [3.63, 3.8) is 0 Å². The number of nitrogens with one attached hydrogen (secondary N) is 4. The Morgan fingerprint density at radius 3 is 1.77 bits per heavy atom. The molecule has 2 heterocycles. The highest BCUT2D eigenvalue weighted by Gasteiger charge is 2.47. The van der Waals surface area contributed by atoms with Gasteiger partial charge in [0.2, 0.25) is 70.9 Å². The number of hydrogen-bond donors (Lipinski definition) is 4. The van der Waals surface area contributed by atoms with E-state index in [1.54, 1.807) is 32.9 Å². The van der Waals surface area contributed by atoms with Crippen LogP contribution in [-0.2, 0) is 76.6 Å². The molecular formula is C66H98ClF3N12O12. The fraction of sp³-hybridized carbons (Fsp3) is 0.636. The second-order valence-corrected chi connectivity index (χ2v) is 26.4. The number of carbonyl (C=O) groups is 12. The molecule has 2 aromatic carbocycles. The van der Waals surface area contributed by atoms with E-state index in [1.807, 2.05) is 39.8 Å². The van der Waals surface area contributed by atoms with Gasteiger partial charge in [0.1, 0.15) is 60.4 Å². The molecule has 2 fully saturated rings. The van der Waals surface area contributed by atoms with Crippen LogP contribution in [0.15, 0.2) is 42.5 Å². The zero-order chi connectivity index (χ0) is 71.3. The SMILES string of the molecule is CC[C@H](C)[C@@H]1NC(=O)[C@H](CC(C)C)N(C)C(=O)C[C@@H](C(=O)N(C)C)N(C)C(=O)[C@H]([C@@H](C)CC)N(C)C(=O)[C@H](C)NC(=O)[C@@H](C)NC(=O)[C@H](CCc2ccc(C(F)(F)F)c(Cl)c2)NC(=O)CN(C)C(=O)[C@H](Cc2ccc(C)cc2)N(C)C(=O)[C@@H]2CCN2C(=O)[C@H](C)N(C)C1=O. The molecule has 0 radical (unpaired) electrons. The number of hydrogen-bond acceptors (Lipinski definition) is 12. The number of halogens is 4. The average molecular weight is 1340 g/mol. The first-order chi connectivity index (χ1) is 43.7. The van der Waals surface area contributed by atoms with Crippen LogP contribution in [0.25, 0.3) is 0 Å². The van der Waals surface area contributed by atoms with Crippen molar-refractivity contribution in [2.24, 2.45) is 17.8 Å². The number of amides is 12. The second kappa shape index (κ2) is 34.0. The second-order valence-electron chi connectivity index (χ2n) is 25.9. The number of benzene rings is 2. The standard InChI is InChI=1S/C66H98ClF3N12O12/c1-19-38(6)54-64(93)77(14)42(10)60(89)82-30-29-48(82)63(92)79(16)50(33-44-23-21-37(5)22-24-44)62(91)76(13)35-52(83)73-47(28-26-43-25-27-45(46(67)32-43)66(68,69)70)57(86)71-40(8)56(85)72-41(9)59(88)81(18)55(39(7)20-2)65(94)80(17)51(61(90)75(11)12)34-53(84)78(15)49(31-36(3)4)58(87)74-54/h21-25,27,32,36,38-42,47-51,54-55H,19-20,26,28-31,33-35H2,1-18H3,(H,71,86)(H,72,85)(H,73,83)(H,74,87)/t38-,39-,40+,41-,42-,47-,48-,49-,50-,51-,54-,55-/m0/s1. The molecule has 0 saturated carbocycles. The van der Waals surface area contributed by atoms with Crippen LogP contribution in [0.2, 0.25) is 5.02 Å². The Balaban J connectivity index is 1.86. The quantitative estimate of drug-likeness (QED) is 0.237. The Kier molecular flexibility index (Phi) is 28.4. The molecule has 0 unspecified atom stereocenters. The van der Waals surface area contributed by atoms with Crippen LogP contribution in [-0.4, -0.2) is 240 Å². The minimum Gasteiger partial charge on any atom is -0.347 e. The highest BCUT2D eigenvalue weighted by atomic mass is 35.5. The van der Waals surface area contributed by atoms with Crippen LogP contribution in [0.3, 0.4) is 0 Å². The van der Waals surface area contributed by atoms with Gasteiger partial charge in [0.25, 0.3) is 0 Å². The molecule has 2 aliphatic heterocycles. The molecule has 4 N–H and O–H groups in total. The van der Waals surface area contributed by atoms with E-state index in [1.165, 1.54) is 102 Å². The predicted molar refractivity (Wildman–Crippen MR) is 347 cm³/mol. The molecule has 0 aromatic heterocycles. The molecule has 0 bridgehead atoms. The summed E-state index contributed by atoms with van der Waals surface area (Å²) >= 11 is 6.05. The molecule has 0 spiro atoms. The minimum absolute atomic E-state index is 0.0575. The van der Waals surface area contributed by atoms with E-state index >= 15 is 0 Å². The van der Waals surface area contributed by atoms with Crippen molar-refractivity contribution in [1.29, 1.82) is 0 Å². The lowest BCUT2D eigenvalue weighted by molar-refractivity contribution is -0.160. The van der Waals surface area contributed by atoms with Crippen molar-refractivity contribution in [3.8, 4) is 0 Å². The molecule has 28 heteroatoms. The summed E-state index contributed by atoms with van der Waals surface area (Å²) in [6, 6.07) is -2.94. The van der Waals surface area contributed by atoms with Gasteiger partial charge in [0.05, 0.1) is 23.6 Å². The van der Waals surface area contributed by atoms with Crippen LogP contribution in [0.1, 0.15) is 123 Å². The van der Waals surface area contributed by atoms with E-state index in [4.69, 9.17) is 11.6 Å². The molecule has 24 nitrogen and oxygen atoms in total. The van der Waals surface area contributed by atoms with Gasteiger partial charge >= 0.3 is 6.18 Å². The molecule has 522 valence electrons. The number of alkyl halides is 3. The van der Waals surface area contributed by atoms with Gasteiger partial charge in [-0.25, -0.2) is 0 Å². The number of aryl methyl sites for hydroxylation is 2. The molecule has 12 atom stereocenters. The summed E-state index contributed by atoms with van der Waals surface area (Å²) in [5, 5.41) is 9.93. The van der Waals surface area contributed by atoms with Crippen molar-refractivity contribution in [2.45, 2.75) is 187 Å². The van der Waals surface area contributed by atoms with Crippen molar-refractivity contribution >= 4 is 82.5 Å². The lowest BCUT2D eigenvalue weighted by Crippen LogP contribution is -2.65.